The maximum Gasteiger partial charge on any atom is 0.132 e. The molecule has 2 atom stereocenters. The fourth-order valence-corrected chi connectivity index (χ4v) is 4.70. The highest BCUT2D eigenvalue weighted by Gasteiger charge is 2.34. The van der Waals surface area contributed by atoms with Crippen LogP contribution in [0.1, 0.15) is 23.8 Å². The van der Waals surface area contributed by atoms with Crippen LogP contribution in [0.2, 0.25) is 0 Å². The van der Waals surface area contributed by atoms with E-state index >= 15 is 0 Å². The molecule has 0 amide bonds. The molecule has 8 heteroatoms. The van der Waals surface area contributed by atoms with Gasteiger partial charge in [-0.2, -0.15) is 0 Å². The number of pyridine rings is 1. The Bertz CT molecular complexity index is 855. The Morgan fingerprint density at radius 3 is 2.67 bits per heavy atom. The number of benzene rings is 1. The van der Waals surface area contributed by atoms with E-state index in [-0.39, 0.29) is 11.6 Å². The van der Waals surface area contributed by atoms with Gasteiger partial charge in [0.2, 0.25) is 0 Å². The quantitative estimate of drug-likeness (QED) is 0.839. The Morgan fingerprint density at radius 1 is 1.15 bits per heavy atom. The second-order valence-corrected chi connectivity index (χ2v) is 7.91. The highest BCUT2D eigenvalue weighted by Crippen LogP contribution is 2.48. The van der Waals surface area contributed by atoms with Gasteiger partial charge in [-0.3, -0.25) is 4.98 Å². The Balaban J connectivity index is 1.75. The zero-order chi connectivity index (χ0) is 19.0. The third-order valence-corrected chi connectivity index (χ3v) is 5.93. The van der Waals surface area contributed by atoms with E-state index in [9.17, 15) is 8.78 Å². The van der Waals surface area contributed by atoms with Gasteiger partial charge >= 0.3 is 0 Å². The SMILES string of the molecule is NC1=CN(c2cnccc2N2CCCC(N)C2)[C@H](c2c(F)cccc2F)S1. The molecule has 0 radical (unpaired) electrons. The first-order valence-corrected chi connectivity index (χ1v) is 9.73. The second-order valence-electron chi connectivity index (χ2n) is 6.76. The monoisotopic (exact) mass is 389 g/mol. The first-order valence-electron chi connectivity index (χ1n) is 8.85. The number of halogens is 2. The molecule has 1 aromatic carbocycles. The van der Waals surface area contributed by atoms with Crippen LogP contribution in [0.25, 0.3) is 0 Å². The standard InChI is InChI=1S/C19H21F2N5S/c20-13-4-1-5-14(21)18(13)19-26(11-17(23)27-19)16-9-24-7-6-15(16)25-8-2-3-12(22)10-25/h1,4-7,9,11-12,19H,2-3,8,10,22-23H2/t12?,19-/m0/s1. The fraction of sp³-hybridized carbons (Fsp3) is 0.316. The molecule has 1 fully saturated rings. The molecule has 0 aliphatic carbocycles. The van der Waals surface area contributed by atoms with E-state index in [1.807, 2.05) is 6.07 Å². The summed E-state index contributed by atoms with van der Waals surface area (Å²) in [6, 6.07) is 5.90. The normalized spacial score (nSPS) is 22.9. The van der Waals surface area contributed by atoms with Crippen molar-refractivity contribution in [3.63, 3.8) is 0 Å². The minimum absolute atomic E-state index is 0.00986. The maximum atomic E-state index is 14.4. The molecule has 27 heavy (non-hydrogen) atoms. The molecule has 1 unspecified atom stereocenters. The lowest BCUT2D eigenvalue weighted by Crippen LogP contribution is -2.43. The van der Waals surface area contributed by atoms with Crippen molar-refractivity contribution >= 4 is 23.1 Å². The zero-order valence-electron chi connectivity index (χ0n) is 14.7. The first kappa shape index (κ1) is 18.1. The highest BCUT2D eigenvalue weighted by molar-refractivity contribution is 8.03. The van der Waals surface area contributed by atoms with Gasteiger partial charge in [-0.05, 0) is 31.0 Å². The summed E-state index contributed by atoms with van der Waals surface area (Å²) in [5.41, 5.74) is 13.8. The van der Waals surface area contributed by atoms with E-state index in [0.29, 0.717) is 5.03 Å². The summed E-state index contributed by atoms with van der Waals surface area (Å²) >= 11 is 1.22. The maximum absolute atomic E-state index is 14.4. The van der Waals surface area contributed by atoms with Gasteiger partial charge in [-0.1, -0.05) is 17.8 Å². The molecule has 142 valence electrons. The fourth-order valence-electron chi connectivity index (χ4n) is 3.64. The lowest BCUT2D eigenvalue weighted by molar-refractivity contribution is 0.506. The predicted octanol–water partition coefficient (Wildman–Crippen LogP) is 3.30. The molecule has 3 heterocycles. The smallest absolute Gasteiger partial charge is 0.132 e. The Morgan fingerprint density at radius 2 is 1.93 bits per heavy atom. The van der Waals surface area contributed by atoms with Gasteiger partial charge in [-0.25, -0.2) is 8.78 Å². The third-order valence-electron chi connectivity index (χ3n) is 4.87. The molecule has 2 aliphatic rings. The lowest BCUT2D eigenvalue weighted by atomic mass is 10.1. The number of piperidine rings is 1. The third kappa shape index (κ3) is 3.46. The van der Waals surface area contributed by atoms with E-state index in [1.165, 1.54) is 30.0 Å². The molecule has 2 aromatic rings. The summed E-state index contributed by atoms with van der Waals surface area (Å²) in [7, 11) is 0. The van der Waals surface area contributed by atoms with Gasteiger partial charge in [0.15, 0.2) is 0 Å². The van der Waals surface area contributed by atoms with Crippen LogP contribution in [0.15, 0.2) is 47.9 Å². The van der Waals surface area contributed by atoms with E-state index in [4.69, 9.17) is 11.5 Å². The molecular weight excluding hydrogens is 368 g/mol. The number of nitrogens with zero attached hydrogens (tertiary/aromatic N) is 3. The summed E-state index contributed by atoms with van der Waals surface area (Å²) < 4.78 is 28.9. The summed E-state index contributed by atoms with van der Waals surface area (Å²) in [5, 5.41) is -0.139. The van der Waals surface area contributed by atoms with Crippen molar-refractivity contribution in [1.29, 1.82) is 0 Å². The van der Waals surface area contributed by atoms with Crippen molar-refractivity contribution in [3.8, 4) is 0 Å². The molecule has 4 N–H and O–H groups in total. The van der Waals surface area contributed by atoms with Crippen LogP contribution in [-0.2, 0) is 0 Å². The van der Waals surface area contributed by atoms with Crippen molar-refractivity contribution in [2.24, 2.45) is 11.5 Å². The highest BCUT2D eigenvalue weighted by atomic mass is 32.2. The minimum Gasteiger partial charge on any atom is -0.392 e. The number of hydrogen-bond donors (Lipinski definition) is 2. The van der Waals surface area contributed by atoms with Gasteiger partial charge in [0.1, 0.15) is 17.0 Å². The largest absolute Gasteiger partial charge is 0.392 e. The van der Waals surface area contributed by atoms with Crippen molar-refractivity contribution in [2.45, 2.75) is 24.3 Å². The number of anilines is 2. The molecule has 5 nitrogen and oxygen atoms in total. The van der Waals surface area contributed by atoms with E-state index in [0.717, 1.165) is 37.3 Å². The first-order chi connectivity index (χ1) is 13.0. The number of hydrogen-bond acceptors (Lipinski definition) is 6. The predicted molar refractivity (Wildman–Crippen MR) is 105 cm³/mol. The van der Waals surface area contributed by atoms with Crippen molar-refractivity contribution < 1.29 is 8.78 Å². The molecule has 0 saturated carbocycles. The van der Waals surface area contributed by atoms with Crippen LogP contribution in [0.3, 0.4) is 0 Å². The van der Waals surface area contributed by atoms with Crippen LogP contribution in [0.4, 0.5) is 20.2 Å². The Hall–Kier alpha value is -2.32. The summed E-state index contributed by atoms with van der Waals surface area (Å²) in [6.45, 7) is 1.61. The molecule has 1 aromatic heterocycles. The van der Waals surface area contributed by atoms with E-state index < -0.39 is 17.0 Å². The van der Waals surface area contributed by atoms with Crippen molar-refractivity contribution in [1.82, 2.24) is 4.98 Å². The second kappa shape index (κ2) is 7.36. The summed E-state index contributed by atoms with van der Waals surface area (Å²) in [5.74, 6) is -1.18. The van der Waals surface area contributed by atoms with Crippen molar-refractivity contribution in [3.05, 3.63) is 65.1 Å². The van der Waals surface area contributed by atoms with Gasteiger partial charge in [-0.15, -0.1) is 0 Å². The Labute approximate surface area is 161 Å². The molecule has 1 saturated heterocycles. The van der Waals surface area contributed by atoms with Crippen LogP contribution >= 0.6 is 11.8 Å². The number of rotatable bonds is 3. The van der Waals surface area contributed by atoms with Gasteiger partial charge in [0, 0.05) is 31.5 Å². The van der Waals surface area contributed by atoms with Crippen molar-refractivity contribution in [2.75, 3.05) is 22.9 Å². The zero-order valence-corrected chi connectivity index (χ0v) is 15.5. The Kier molecular flexibility index (Phi) is 4.92. The topological polar surface area (TPSA) is 71.4 Å². The minimum atomic E-state index is -0.632. The molecule has 0 spiro atoms. The van der Waals surface area contributed by atoms with E-state index in [2.05, 4.69) is 9.88 Å². The van der Waals surface area contributed by atoms with Crippen LogP contribution in [-0.4, -0.2) is 24.1 Å². The average molecular weight is 389 g/mol. The average Bonchev–Trinajstić information content (AvgIpc) is 3.03. The summed E-state index contributed by atoms with van der Waals surface area (Å²) in [6.07, 6.45) is 7.13. The number of nitrogens with two attached hydrogens (primary N) is 2. The van der Waals surface area contributed by atoms with Crippen LogP contribution < -0.4 is 21.3 Å². The van der Waals surface area contributed by atoms with Gasteiger partial charge < -0.3 is 21.3 Å². The van der Waals surface area contributed by atoms with Crippen LogP contribution in [0.5, 0.6) is 0 Å². The van der Waals surface area contributed by atoms with Gasteiger partial charge in [0.25, 0.3) is 0 Å². The summed E-state index contributed by atoms with van der Waals surface area (Å²) in [4.78, 5) is 8.23. The molecule has 0 bridgehead atoms. The number of aromatic nitrogens is 1. The van der Waals surface area contributed by atoms with Crippen LogP contribution in [0, 0.1) is 11.6 Å². The number of thioether (sulfide) groups is 1. The molecule has 4 rings (SSSR count). The molecule has 2 aliphatic heterocycles. The molecular formula is C19H21F2N5S. The lowest BCUT2D eigenvalue weighted by Gasteiger charge is -2.36. The van der Waals surface area contributed by atoms with Gasteiger partial charge in [0.05, 0.1) is 28.2 Å². The van der Waals surface area contributed by atoms with E-state index in [1.54, 1.807) is 23.5 Å².